The van der Waals surface area contributed by atoms with E-state index in [1.54, 1.807) is 6.92 Å². The minimum absolute atomic E-state index is 0.0537. The molecular weight excluding hydrogens is 188 g/mol. The third-order valence-electron chi connectivity index (χ3n) is 2.19. The van der Waals surface area contributed by atoms with Crippen LogP contribution in [0.2, 0.25) is 0 Å². The molecule has 1 aliphatic rings. The van der Waals surface area contributed by atoms with Crippen LogP contribution in [0.4, 0.5) is 0 Å². The van der Waals surface area contributed by atoms with E-state index in [1.165, 1.54) is 0 Å². The van der Waals surface area contributed by atoms with Crippen molar-refractivity contribution in [2.24, 2.45) is 0 Å². The lowest BCUT2D eigenvalue weighted by molar-refractivity contribution is -0.166. The second-order valence-electron chi connectivity index (χ2n) is 3.33. The molecule has 1 aliphatic heterocycles. The number of carbonyl (C=O) groups excluding carboxylic acids is 2. The highest BCUT2D eigenvalue weighted by atomic mass is 16.6. The van der Waals surface area contributed by atoms with E-state index >= 15 is 0 Å². The zero-order chi connectivity index (χ0) is 10.6. The van der Waals surface area contributed by atoms with Gasteiger partial charge in [-0.1, -0.05) is 6.92 Å². The van der Waals surface area contributed by atoms with E-state index in [0.717, 1.165) is 0 Å². The van der Waals surface area contributed by atoms with Crippen LogP contribution < -0.4 is 0 Å². The van der Waals surface area contributed by atoms with Crippen molar-refractivity contribution in [1.29, 1.82) is 0 Å². The highest BCUT2D eigenvalue weighted by molar-refractivity contribution is 5.72. The Hall–Kier alpha value is -1.10. The van der Waals surface area contributed by atoms with E-state index in [1.807, 2.05) is 0 Å². The molecule has 14 heavy (non-hydrogen) atoms. The second kappa shape index (κ2) is 4.41. The Balaban J connectivity index is 2.46. The molecule has 5 heteroatoms. The van der Waals surface area contributed by atoms with Gasteiger partial charge >= 0.3 is 11.9 Å². The number of carbonyl (C=O) groups is 2. The maximum atomic E-state index is 10.9. The first kappa shape index (κ1) is 11.0. The first-order valence-electron chi connectivity index (χ1n) is 4.60. The monoisotopic (exact) mass is 202 g/mol. The van der Waals surface area contributed by atoms with Gasteiger partial charge in [0, 0.05) is 19.3 Å². The topological polar surface area (TPSA) is 72.8 Å². The van der Waals surface area contributed by atoms with Gasteiger partial charge in [-0.3, -0.25) is 9.59 Å². The Kier molecular flexibility index (Phi) is 3.46. The largest absolute Gasteiger partial charge is 0.461 e. The number of aliphatic hydroxyl groups excluding tert-OH is 1. The molecular formula is C9H14O5. The SMILES string of the molecule is CCC(=O)OCC1(CO)CCC(=O)O1. The van der Waals surface area contributed by atoms with Crippen molar-refractivity contribution < 1.29 is 24.2 Å². The Bertz CT molecular complexity index is 237. The van der Waals surface area contributed by atoms with Gasteiger partial charge in [-0.2, -0.15) is 0 Å². The van der Waals surface area contributed by atoms with Crippen molar-refractivity contribution in [3.8, 4) is 0 Å². The maximum absolute atomic E-state index is 10.9. The van der Waals surface area contributed by atoms with Gasteiger partial charge in [-0.05, 0) is 0 Å². The Morgan fingerprint density at radius 2 is 2.43 bits per heavy atom. The smallest absolute Gasteiger partial charge is 0.306 e. The zero-order valence-corrected chi connectivity index (χ0v) is 8.12. The first-order valence-corrected chi connectivity index (χ1v) is 4.60. The Morgan fingerprint density at radius 3 is 2.86 bits per heavy atom. The highest BCUT2D eigenvalue weighted by Crippen LogP contribution is 2.26. The summed E-state index contributed by atoms with van der Waals surface area (Å²) in [6, 6.07) is 0. The van der Waals surface area contributed by atoms with Crippen molar-refractivity contribution in [3.63, 3.8) is 0 Å². The molecule has 5 nitrogen and oxygen atoms in total. The van der Waals surface area contributed by atoms with Crippen LogP contribution >= 0.6 is 0 Å². The molecule has 0 radical (unpaired) electrons. The number of hydrogen-bond acceptors (Lipinski definition) is 5. The summed E-state index contributed by atoms with van der Waals surface area (Å²) in [7, 11) is 0. The number of cyclic esters (lactones) is 1. The second-order valence-corrected chi connectivity index (χ2v) is 3.33. The molecule has 0 spiro atoms. The van der Waals surface area contributed by atoms with Crippen LogP contribution in [-0.2, 0) is 19.1 Å². The van der Waals surface area contributed by atoms with Gasteiger partial charge in [-0.25, -0.2) is 0 Å². The lowest BCUT2D eigenvalue weighted by atomic mass is 10.0. The summed E-state index contributed by atoms with van der Waals surface area (Å²) in [5.74, 6) is -0.715. The molecule has 1 heterocycles. The Morgan fingerprint density at radius 1 is 1.71 bits per heavy atom. The van der Waals surface area contributed by atoms with Gasteiger partial charge in [-0.15, -0.1) is 0 Å². The highest BCUT2D eigenvalue weighted by Gasteiger charge is 2.41. The molecule has 1 saturated heterocycles. The molecule has 0 amide bonds. The molecule has 1 rings (SSSR count). The zero-order valence-electron chi connectivity index (χ0n) is 8.12. The molecule has 1 N–H and O–H groups in total. The van der Waals surface area contributed by atoms with E-state index in [9.17, 15) is 9.59 Å². The standard InChI is InChI=1S/C9H14O5/c1-2-7(11)13-6-9(5-10)4-3-8(12)14-9/h10H,2-6H2,1H3. The third-order valence-corrected chi connectivity index (χ3v) is 2.19. The quantitative estimate of drug-likeness (QED) is 0.650. The minimum atomic E-state index is -0.998. The van der Waals surface area contributed by atoms with E-state index in [-0.39, 0.29) is 38.0 Å². The summed E-state index contributed by atoms with van der Waals surface area (Å²) in [5.41, 5.74) is -0.998. The van der Waals surface area contributed by atoms with Crippen LogP contribution in [0, 0.1) is 0 Å². The van der Waals surface area contributed by atoms with Gasteiger partial charge in [0.1, 0.15) is 6.61 Å². The average Bonchev–Trinajstić information content (AvgIpc) is 2.57. The minimum Gasteiger partial charge on any atom is -0.461 e. The fraction of sp³-hybridized carbons (Fsp3) is 0.778. The number of aliphatic hydroxyl groups is 1. The van der Waals surface area contributed by atoms with E-state index in [0.29, 0.717) is 6.42 Å². The molecule has 1 unspecified atom stereocenters. The average molecular weight is 202 g/mol. The number of esters is 2. The molecule has 0 aliphatic carbocycles. The van der Waals surface area contributed by atoms with Gasteiger partial charge in [0.05, 0.1) is 6.61 Å². The van der Waals surface area contributed by atoms with Crippen LogP contribution in [0.1, 0.15) is 26.2 Å². The maximum Gasteiger partial charge on any atom is 0.306 e. The fourth-order valence-corrected chi connectivity index (χ4v) is 1.25. The van der Waals surface area contributed by atoms with E-state index < -0.39 is 5.60 Å². The van der Waals surface area contributed by atoms with Crippen LogP contribution in [0.5, 0.6) is 0 Å². The lowest BCUT2D eigenvalue weighted by Crippen LogP contribution is -2.39. The van der Waals surface area contributed by atoms with Gasteiger partial charge < -0.3 is 14.6 Å². The third kappa shape index (κ3) is 2.45. The predicted molar refractivity (Wildman–Crippen MR) is 46.4 cm³/mol. The lowest BCUT2D eigenvalue weighted by Gasteiger charge is -2.24. The van der Waals surface area contributed by atoms with Gasteiger partial charge in [0.25, 0.3) is 0 Å². The molecule has 0 saturated carbocycles. The van der Waals surface area contributed by atoms with Gasteiger partial charge in [0.2, 0.25) is 0 Å². The summed E-state index contributed by atoms with van der Waals surface area (Å²) >= 11 is 0. The molecule has 0 bridgehead atoms. The van der Waals surface area contributed by atoms with Crippen molar-refractivity contribution in [2.45, 2.75) is 31.8 Å². The Labute approximate surface area is 82.0 Å². The van der Waals surface area contributed by atoms with Crippen molar-refractivity contribution in [3.05, 3.63) is 0 Å². The number of hydrogen-bond donors (Lipinski definition) is 1. The van der Waals surface area contributed by atoms with Crippen molar-refractivity contribution >= 4 is 11.9 Å². The molecule has 0 aromatic heterocycles. The van der Waals surface area contributed by atoms with Gasteiger partial charge in [0.15, 0.2) is 5.60 Å². The van der Waals surface area contributed by atoms with Crippen LogP contribution in [-0.4, -0.2) is 35.9 Å². The van der Waals surface area contributed by atoms with Crippen LogP contribution in [0.25, 0.3) is 0 Å². The number of ether oxygens (including phenoxy) is 2. The first-order chi connectivity index (χ1) is 6.62. The molecule has 1 fully saturated rings. The molecule has 0 aromatic rings. The van der Waals surface area contributed by atoms with Crippen LogP contribution in [0.3, 0.4) is 0 Å². The molecule has 80 valence electrons. The summed E-state index contributed by atoms with van der Waals surface area (Å²) in [4.78, 5) is 21.7. The molecule has 1 atom stereocenters. The van der Waals surface area contributed by atoms with E-state index in [2.05, 4.69) is 0 Å². The van der Waals surface area contributed by atoms with Crippen molar-refractivity contribution in [2.75, 3.05) is 13.2 Å². The van der Waals surface area contributed by atoms with Crippen LogP contribution in [0.15, 0.2) is 0 Å². The summed E-state index contributed by atoms with van der Waals surface area (Å²) < 4.78 is 9.77. The summed E-state index contributed by atoms with van der Waals surface area (Å²) in [6.45, 7) is 1.31. The predicted octanol–water partition coefficient (Wildman–Crippen LogP) is 0.00770. The normalized spacial score (nSPS) is 26.0. The fourth-order valence-electron chi connectivity index (χ4n) is 1.25. The molecule has 0 aromatic carbocycles. The number of rotatable bonds is 4. The van der Waals surface area contributed by atoms with Crippen molar-refractivity contribution in [1.82, 2.24) is 0 Å². The summed E-state index contributed by atoms with van der Waals surface area (Å²) in [6.07, 6.45) is 0.943. The van der Waals surface area contributed by atoms with E-state index in [4.69, 9.17) is 14.6 Å². The summed E-state index contributed by atoms with van der Waals surface area (Å²) in [5, 5.41) is 9.05.